The minimum absolute atomic E-state index is 0.144. The van der Waals surface area contributed by atoms with Crippen LogP contribution in [0, 0.1) is 0 Å². The van der Waals surface area contributed by atoms with Crippen molar-refractivity contribution < 1.29 is 15.1 Å². The van der Waals surface area contributed by atoms with Crippen molar-refractivity contribution in [2.45, 2.75) is 0 Å². The molecule has 6 heteroatoms. The lowest BCUT2D eigenvalue weighted by Gasteiger charge is -2.06. The zero-order chi connectivity index (χ0) is 10.6. The largest absolute Gasteiger partial charge is 0.465 e. The number of para-hydroxylation sites is 1. The number of amides is 1. The molecule has 0 aliphatic rings. The van der Waals surface area contributed by atoms with Gasteiger partial charge in [0.25, 0.3) is 0 Å². The number of oxime groups is 1. The van der Waals surface area contributed by atoms with Crippen LogP contribution in [0.1, 0.15) is 5.56 Å². The molecule has 0 aromatic heterocycles. The van der Waals surface area contributed by atoms with Gasteiger partial charge in [0.15, 0.2) is 5.84 Å². The Kier molecular flexibility index (Phi) is 2.90. The first kappa shape index (κ1) is 9.85. The van der Waals surface area contributed by atoms with Gasteiger partial charge in [-0.3, -0.25) is 5.32 Å². The summed E-state index contributed by atoms with van der Waals surface area (Å²) in [4.78, 5) is 10.4. The zero-order valence-electron chi connectivity index (χ0n) is 7.14. The normalized spacial score (nSPS) is 11.0. The highest BCUT2D eigenvalue weighted by atomic mass is 16.4. The minimum Gasteiger partial charge on any atom is -0.465 e. The van der Waals surface area contributed by atoms with Gasteiger partial charge in [0.05, 0.1) is 5.69 Å². The predicted octanol–water partition coefficient (Wildman–Crippen LogP) is 0.871. The van der Waals surface area contributed by atoms with E-state index in [2.05, 4.69) is 10.5 Å². The Balaban J connectivity index is 3.09. The second kappa shape index (κ2) is 4.13. The molecule has 0 aliphatic carbocycles. The minimum atomic E-state index is -1.21. The molecule has 0 saturated heterocycles. The highest BCUT2D eigenvalue weighted by Crippen LogP contribution is 2.14. The van der Waals surface area contributed by atoms with Crippen LogP contribution in [0.25, 0.3) is 0 Å². The predicted molar refractivity (Wildman–Crippen MR) is 50.6 cm³/mol. The maximum Gasteiger partial charge on any atom is 0.409 e. The van der Waals surface area contributed by atoms with E-state index in [-0.39, 0.29) is 11.5 Å². The molecule has 14 heavy (non-hydrogen) atoms. The number of nitrogens with two attached hydrogens (primary N) is 1. The van der Waals surface area contributed by atoms with Gasteiger partial charge in [-0.05, 0) is 12.1 Å². The molecule has 1 aromatic rings. The average molecular weight is 195 g/mol. The first-order valence-electron chi connectivity index (χ1n) is 3.72. The molecule has 0 bridgehead atoms. The van der Waals surface area contributed by atoms with Crippen LogP contribution in [0.15, 0.2) is 29.4 Å². The van der Waals surface area contributed by atoms with Gasteiger partial charge in [0.1, 0.15) is 0 Å². The van der Waals surface area contributed by atoms with Gasteiger partial charge >= 0.3 is 6.09 Å². The van der Waals surface area contributed by atoms with Crippen LogP contribution in [0.4, 0.5) is 10.5 Å². The van der Waals surface area contributed by atoms with E-state index < -0.39 is 6.09 Å². The smallest absolute Gasteiger partial charge is 0.409 e. The van der Waals surface area contributed by atoms with Crippen molar-refractivity contribution in [3.05, 3.63) is 29.8 Å². The number of carboxylic acid groups (broad SMARTS) is 1. The third-order valence-electron chi connectivity index (χ3n) is 1.55. The summed E-state index contributed by atoms with van der Waals surface area (Å²) in [5.41, 5.74) is 5.94. The quantitative estimate of drug-likeness (QED) is 0.243. The number of benzene rings is 1. The third-order valence-corrected chi connectivity index (χ3v) is 1.55. The number of amidine groups is 1. The molecule has 0 spiro atoms. The van der Waals surface area contributed by atoms with Crippen LogP contribution in [0.5, 0.6) is 0 Å². The van der Waals surface area contributed by atoms with E-state index in [0.29, 0.717) is 5.56 Å². The molecule has 0 unspecified atom stereocenters. The average Bonchev–Trinajstić information content (AvgIpc) is 2.16. The molecule has 0 radical (unpaired) electrons. The van der Waals surface area contributed by atoms with Crippen LogP contribution < -0.4 is 11.1 Å². The van der Waals surface area contributed by atoms with Crippen molar-refractivity contribution in [3.63, 3.8) is 0 Å². The molecule has 5 N–H and O–H groups in total. The molecule has 1 aromatic carbocycles. The van der Waals surface area contributed by atoms with Crippen molar-refractivity contribution in [2.75, 3.05) is 5.32 Å². The van der Waals surface area contributed by atoms with Gasteiger partial charge in [-0.2, -0.15) is 0 Å². The second-order valence-electron chi connectivity index (χ2n) is 2.46. The fourth-order valence-electron chi connectivity index (χ4n) is 0.985. The number of carbonyl (C=O) groups is 1. The summed E-state index contributed by atoms with van der Waals surface area (Å²) < 4.78 is 0. The lowest BCUT2D eigenvalue weighted by Crippen LogP contribution is -2.17. The summed E-state index contributed by atoms with van der Waals surface area (Å²) in [6, 6.07) is 6.35. The lowest BCUT2D eigenvalue weighted by atomic mass is 10.1. The lowest BCUT2D eigenvalue weighted by molar-refractivity contribution is 0.209. The first-order chi connectivity index (χ1) is 6.65. The standard InChI is InChI=1S/C8H9N3O3/c9-7(11-14)5-3-1-2-4-6(5)10-8(12)13/h1-4,10,14H,(H2,9,11)(H,12,13). The third kappa shape index (κ3) is 2.13. The van der Waals surface area contributed by atoms with Crippen LogP contribution in [-0.4, -0.2) is 22.2 Å². The van der Waals surface area contributed by atoms with Crippen LogP contribution >= 0.6 is 0 Å². The first-order valence-corrected chi connectivity index (χ1v) is 3.72. The fraction of sp³-hybridized carbons (Fsp3) is 0. The zero-order valence-corrected chi connectivity index (χ0v) is 7.14. The van der Waals surface area contributed by atoms with Crippen LogP contribution in [-0.2, 0) is 0 Å². The number of nitrogens with zero attached hydrogens (tertiary/aromatic N) is 1. The summed E-state index contributed by atoms with van der Waals surface area (Å²) in [7, 11) is 0. The molecule has 6 nitrogen and oxygen atoms in total. The Labute approximate surface area is 79.7 Å². The van der Waals surface area contributed by atoms with E-state index in [9.17, 15) is 4.79 Å². The summed E-state index contributed by atoms with van der Waals surface area (Å²) in [6.45, 7) is 0. The number of rotatable bonds is 2. The van der Waals surface area contributed by atoms with Crippen molar-refractivity contribution in [3.8, 4) is 0 Å². The highest BCUT2D eigenvalue weighted by molar-refractivity contribution is 6.04. The Bertz CT molecular complexity index is 376. The van der Waals surface area contributed by atoms with Crippen LogP contribution in [0.2, 0.25) is 0 Å². The van der Waals surface area contributed by atoms with Gasteiger partial charge in [-0.15, -0.1) is 0 Å². The molecule has 0 fully saturated rings. The van der Waals surface area contributed by atoms with Crippen LogP contribution in [0.3, 0.4) is 0 Å². The Morgan fingerprint density at radius 3 is 2.64 bits per heavy atom. The SMILES string of the molecule is N/C(=N/O)c1ccccc1NC(=O)O. The molecule has 0 atom stereocenters. The molecular formula is C8H9N3O3. The summed E-state index contributed by atoms with van der Waals surface area (Å²) >= 11 is 0. The Morgan fingerprint density at radius 2 is 2.07 bits per heavy atom. The topological polar surface area (TPSA) is 108 Å². The molecular weight excluding hydrogens is 186 g/mol. The second-order valence-corrected chi connectivity index (χ2v) is 2.46. The van der Waals surface area contributed by atoms with Gasteiger partial charge in [0, 0.05) is 5.56 Å². The van der Waals surface area contributed by atoms with Gasteiger partial charge < -0.3 is 16.0 Å². The summed E-state index contributed by atoms with van der Waals surface area (Å²) in [5.74, 6) is -0.144. The maximum atomic E-state index is 10.4. The molecule has 0 saturated carbocycles. The highest BCUT2D eigenvalue weighted by Gasteiger charge is 2.07. The van der Waals surface area contributed by atoms with Gasteiger partial charge in [-0.25, -0.2) is 4.79 Å². The Morgan fingerprint density at radius 1 is 1.43 bits per heavy atom. The summed E-state index contributed by atoms with van der Waals surface area (Å²) in [5, 5.41) is 21.8. The molecule has 0 heterocycles. The van der Waals surface area contributed by atoms with Crippen molar-refractivity contribution in [1.82, 2.24) is 0 Å². The van der Waals surface area contributed by atoms with E-state index in [0.717, 1.165) is 0 Å². The number of nitrogens with one attached hydrogen (secondary N) is 1. The number of anilines is 1. The molecule has 1 rings (SSSR count). The van der Waals surface area contributed by atoms with Crippen molar-refractivity contribution >= 4 is 17.6 Å². The van der Waals surface area contributed by atoms with Crippen molar-refractivity contribution in [2.24, 2.45) is 10.9 Å². The number of hydrogen-bond acceptors (Lipinski definition) is 3. The van der Waals surface area contributed by atoms with E-state index >= 15 is 0 Å². The van der Waals surface area contributed by atoms with Crippen molar-refractivity contribution in [1.29, 1.82) is 0 Å². The number of hydrogen-bond donors (Lipinski definition) is 4. The van der Waals surface area contributed by atoms with E-state index in [4.69, 9.17) is 16.0 Å². The molecule has 1 amide bonds. The van der Waals surface area contributed by atoms with E-state index in [1.165, 1.54) is 6.07 Å². The summed E-state index contributed by atoms with van der Waals surface area (Å²) in [6.07, 6.45) is -1.21. The Hall–Kier alpha value is -2.24. The van der Waals surface area contributed by atoms with E-state index in [1.807, 2.05) is 0 Å². The monoisotopic (exact) mass is 195 g/mol. The van der Waals surface area contributed by atoms with E-state index in [1.54, 1.807) is 18.2 Å². The van der Waals surface area contributed by atoms with Gasteiger partial charge in [-0.1, -0.05) is 17.3 Å². The molecule has 74 valence electrons. The van der Waals surface area contributed by atoms with Gasteiger partial charge in [0.2, 0.25) is 0 Å². The maximum absolute atomic E-state index is 10.4. The fourth-order valence-corrected chi connectivity index (χ4v) is 0.985. The molecule has 0 aliphatic heterocycles.